The first-order valence-corrected chi connectivity index (χ1v) is 5.82. The van der Waals surface area contributed by atoms with Gasteiger partial charge in [0.15, 0.2) is 0 Å². The fourth-order valence-corrected chi connectivity index (χ4v) is 2.27. The van der Waals surface area contributed by atoms with Gasteiger partial charge in [-0.15, -0.1) is 0 Å². The van der Waals surface area contributed by atoms with E-state index < -0.39 is 0 Å². The molecule has 0 bridgehead atoms. The molecular weight excluding hydrogens is 188 g/mol. The largest absolute Gasteiger partial charge is 0.460 e. The Morgan fingerprint density at radius 1 is 1.13 bits per heavy atom. The van der Waals surface area contributed by atoms with Crippen LogP contribution in [0.4, 0.5) is 0 Å². The van der Waals surface area contributed by atoms with Crippen molar-refractivity contribution in [1.82, 2.24) is 0 Å². The quantitative estimate of drug-likeness (QED) is 0.621. The fourth-order valence-electron chi connectivity index (χ4n) is 2.27. The third-order valence-electron chi connectivity index (χ3n) is 3.82. The van der Waals surface area contributed by atoms with Crippen molar-refractivity contribution < 1.29 is 9.53 Å². The van der Waals surface area contributed by atoms with Crippen LogP contribution in [0.15, 0.2) is 0 Å². The SMILES string of the molecule is CC(C)(C)OC(=O)[C@@]1(C)CCCC1(C)C. The summed E-state index contributed by atoms with van der Waals surface area (Å²) in [5.41, 5.74) is -0.617. The number of hydrogen-bond donors (Lipinski definition) is 0. The minimum Gasteiger partial charge on any atom is -0.460 e. The lowest BCUT2D eigenvalue weighted by Gasteiger charge is -2.38. The monoisotopic (exact) mass is 212 g/mol. The molecule has 0 aromatic heterocycles. The van der Waals surface area contributed by atoms with Crippen molar-refractivity contribution in [3.63, 3.8) is 0 Å². The van der Waals surface area contributed by atoms with Crippen LogP contribution >= 0.6 is 0 Å². The van der Waals surface area contributed by atoms with E-state index in [2.05, 4.69) is 13.8 Å². The predicted octanol–water partition coefficient (Wildman–Crippen LogP) is 3.54. The maximum atomic E-state index is 12.2. The molecule has 0 saturated heterocycles. The van der Waals surface area contributed by atoms with Crippen molar-refractivity contribution in [1.29, 1.82) is 0 Å². The fraction of sp³-hybridized carbons (Fsp3) is 0.923. The number of carbonyl (C=O) groups excluding carboxylic acids is 1. The Balaban J connectivity index is 2.83. The molecule has 0 N–H and O–H groups in total. The first-order chi connectivity index (χ1) is 6.58. The first kappa shape index (κ1) is 12.5. The summed E-state index contributed by atoms with van der Waals surface area (Å²) in [6.07, 6.45) is 3.19. The van der Waals surface area contributed by atoms with E-state index in [4.69, 9.17) is 4.74 Å². The average Bonchev–Trinajstić information content (AvgIpc) is 2.24. The molecule has 1 aliphatic carbocycles. The lowest BCUT2D eigenvalue weighted by Crippen LogP contribution is -2.42. The zero-order chi connectivity index (χ0) is 11.9. The van der Waals surface area contributed by atoms with Crippen LogP contribution in [0.25, 0.3) is 0 Å². The van der Waals surface area contributed by atoms with Gasteiger partial charge >= 0.3 is 5.97 Å². The molecular formula is C13H24O2. The molecule has 1 rings (SSSR count). The lowest BCUT2D eigenvalue weighted by atomic mass is 9.69. The summed E-state index contributed by atoms with van der Waals surface area (Å²) < 4.78 is 5.52. The molecule has 1 saturated carbocycles. The second-order valence-electron chi connectivity index (χ2n) is 6.57. The van der Waals surface area contributed by atoms with Crippen molar-refractivity contribution >= 4 is 5.97 Å². The number of carbonyl (C=O) groups is 1. The normalized spacial score (nSPS) is 30.3. The summed E-state index contributed by atoms with van der Waals surface area (Å²) in [6, 6.07) is 0. The van der Waals surface area contributed by atoms with Crippen LogP contribution in [-0.4, -0.2) is 11.6 Å². The van der Waals surface area contributed by atoms with E-state index in [1.54, 1.807) is 0 Å². The Hall–Kier alpha value is -0.530. The average molecular weight is 212 g/mol. The standard InChI is InChI=1S/C13H24O2/c1-11(2,3)15-10(14)13(6)9-7-8-12(13,4)5/h7-9H2,1-6H3/t13-/m1/s1. The lowest BCUT2D eigenvalue weighted by molar-refractivity contribution is -0.172. The molecule has 0 aromatic carbocycles. The summed E-state index contributed by atoms with van der Waals surface area (Å²) >= 11 is 0. The molecule has 88 valence electrons. The highest BCUT2D eigenvalue weighted by Gasteiger charge is 2.52. The third-order valence-corrected chi connectivity index (χ3v) is 3.82. The minimum absolute atomic E-state index is 0.0301. The van der Waals surface area contributed by atoms with Gasteiger partial charge in [0.1, 0.15) is 5.60 Å². The Labute approximate surface area is 93.4 Å². The minimum atomic E-state index is -0.376. The van der Waals surface area contributed by atoms with Crippen molar-refractivity contribution in [2.45, 2.75) is 66.4 Å². The van der Waals surface area contributed by atoms with Crippen molar-refractivity contribution in [2.75, 3.05) is 0 Å². The molecule has 0 spiro atoms. The number of hydrogen-bond acceptors (Lipinski definition) is 2. The van der Waals surface area contributed by atoms with Crippen LogP contribution in [0.5, 0.6) is 0 Å². The van der Waals surface area contributed by atoms with Gasteiger partial charge in [-0.3, -0.25) is 4.79 Å². The Morgan fingerprint density at radius 3 is 2.00 bits per heavy atom. The van der Waals surface area contributed by atoms with Gasteiger partial charge in [-0.05, 0) is 46.0 Å². The highest BCUT2D eigenvalue weighted by atomic mass is 16.6. The molecule has 0 radical (unpaired) electrons. The molecule has 1 atom stereocenters. The molecule has 0 heterocycles. The van der Waals surface area contributed by atoms with Gasteiger partial charge in [-0.2, -0.15) is 0 Å². The van der Waals surface area contributed by atoms with E-state index in [0.29, 0.717) is 0 Å². The van der Waals surface area contributed by atoms with Crippen LogP contribution in [0.2, 0.25) is 0 Å². The first-order valence-electron chi connectivity index (χ1n) is 5.82. The molecule has 2 heteroatoms. The highest BCUT2D eigenvalue weighted by molar-refractivity contribution is 5.78. The highest BCUT2D eigenvalue weighted by Crippen LogP contribution is 2.53. The molecule has 1 fully saturated rings. The van der Waals surface area contributed by atoms with Crippen LogP contribution in [0.1, 0.15) is 60.8 Å². The summed E-state index contributed by atoms with van der Waals surface area (Å²) in [5, 5.41) is 0. The van der Waals surface area contributed by atoms with E-state index >= 15 is 0 Å². The third kappa shape index (κ3) is 2.35. The van der Waals surface area contributed by atoms with Gasteiger partial charge in [0.05, 0.1) is 5.41 Å². The van der Waals surface area contributed by atoms with Crippen LogP contribution in [-0.2, 0) is 9.53 Å². The predicted molar refractivity (Wildman–Crippen MR) is 61.6 cm³/mol. The maximum Gasteiger partial charge on any atom is 0.312 e. The van der Waals surface area contributed by atoms with Crippen molar-refractivity contribution in [3.05, 3.63) is 0 Å². The van der Waals surface area contributed by atoms with E-state index in [-0.39, 0.29) is 22.4 Å². The number of ether oxygens (including phenoxy) is 1. The molecule has 0 aliphatic heterocycles. The number of esters is 1. The van der Waals surface area contributed by atoms with Crippen molar-refractivity contribution in [2.24, 2.45) is 10.8 Å². The summed E-state index contributed by atoms with van der Waals surface area (Å²) in [4.78, 5) is 12.2. The molecule has 0 aromatic rings. The van der Waals surface area contributed by atoms with Gasteiger partial charge in [0.2, 0.25) is 0 Å². The zero-order valence-corrected chi connectivity index (χ0v) is 10.9. The van der Waals surface area contributed by atoms with Gasteiger partial charge in [-0.25, -0.2) is 0 Å². The van der Waals surface area contributed by atoms with Gasteiger partial charge in [-0.1, -0.05) is 20.3 Å². The molecule has 1 aliphatic rings. The van der Waals surface area contributed by atoms with Crippen LogP contribution in [0, 0.1) is 10.8 Å². The van der Waals surface area contributed by atoms with Gasteiger partial charge in [0.25, 0.3) is 0 Å². The second kappa shape index (κ2) is 3.50. The Kier molecular flexibility index (Phi) is 2.92. The summed E-state index contributed by atoms with van der Waals surface area (Å²) in [6.45, 7) is 12.2. The van der Waals surface area contributed by atoms with Gasteiger partial charge < -0.3 is 4.74 Å². The van der Waals surface area contributed by atoms with Crippen LogP contribution in [0.3, 0.4) is 0 Å². The summed E-state index contributed by atoms with van der Waals surface area (Å²) in [7, 11) is 0. The van der Waals surface area contributed by atoms with E-state index in [0.717, 1.165) is 19.3 Å². The zero-order valence-electron chi connectivity index (χ0n) is 10.9. The van der Waals surface area contributed by atoms with Crippen molar-refractivity contribution in [3.8, 4) is 0 Å². The molecule has 2 nitrogen and oxygen atoms in total. The molecule has 15 heavy (non-hydrogen) atoms. The van der Waals surface area contributed by atoms with E-state index in [1.165, 1.54) is 0 Å². The maximum absolute atomic E-state index is 12.2. The van der Waals surface area contributed by atoms with E-state index in [9.17, 15) is 4.79 Å². The molecule has 0 unspecified atom stereocenters. The Bertz CT molecular complexity index is 260. The Morgan fingerprint density at radius 2 is 1.67 bits per heavy atom. The number of rotatable bonds is 1. The van der Waals surface area contributed by atoms with E-state index in [1.807, 2.05) is 27.7 Å². The van der Waals surface area contributed by atoms with Crippen LogP contribution < -0.4 is 0 Å². The smallest absolute Gasteiger partial charge is 0.312 e. The summed E-state index contributed by atoms with van der Waals surface area (Å²) in [5.74, 6) is -0.0301. The van der Waals surface area contributed by atoms with Gasteiger partial charge in [0, 0.05) is 0 Å². The second-order valence-corrected chi connectivity index (χ2v) is 6.57. The molecule has 0 amide bonds. The topological polar surface area (TPSA) is 26.3 Å².